The van der Waals surface area contributed by atoms with Gasteiger partial charge in [0.05, 0.1) is 13.2 Å². The predicted octanol–water partition coefficient (Wildman–Crippen LogP) is 2.64. The fraction of sp³-hybridized carbons (Fsp3) is 0.471. The fourth-order valence-corrected chi connectivity index (χ4v) is 2.09. The summed E-state index contributed by atoms with van der Waals surface area (Å²) >= 11 is 0. The van der Waals surface area contributed by atoms with Crippen LogP contribution >= 0.6 is 0 Å². The molecule has 1 N–H and O–H groups in total. The molecule has 20 heavy (non-hydrogen) atoms. The van der Waals surface area contributed by atoms with E-state index >= 15 is 0 Å². The van der Waals surface area contributed by atoms with E-state index in [1.807, 2.05) is 24.3 Å². The number of aryl methyl sites for hydroxylation is 1. The molecule has 0 saturated carbocycles. The van der Waals surface area contributed by atoms with Gasteiger partial charge in [-0.2, -0.15) is 0 Å². The number of carbonyl (C=O) groups is 1. The molecule has 0 aliphatic rings. The lowest BCUT2D eigenvalue weighted by Crippen LogP contribution is -2.47. The summed E-state index contributed by atoms with van der Waals surface area (Å²) in [7, 11) is 0. The van der Waals surface area contributed by atoms with Crippen LogP contribution in [0.4, 0.5) is 0 Å². The molecule has 0 heterocycles. The van der Waals surface area contributed by atoms with Crippen molar-refractivity contribution in [1.29, 1.82) is 0 Å². The van der Waals surface area contributed by atoms with Crippen molar-refractivity contribution >= 4 is 5.97 Å². The first-order valence-electron chi connectivity index (χ1n) is 7.03. The van der Waals surface area contributed by atoms with Gasteiger partial charge in [0, 0.05) is 0 Å². The molecule has 0 spiro atoms. The lowest BCUT2D eigenvalue weighted by molar-refractivity contribution is -0.150. The summed E-state index contributed by atoms with van der Waals surface area (Å²) in [5, 5.41) is 3.09. The van der Waals surface area contributed by atoms with Crippen LogP contribution in [0.25, 0.3) is 0 Å². The van der Waals surface area contributed by atoms with Crippen LogP contribution in [-0.4, -0.2) is 19.1 Å². The van der Waals surface area contributed by atoms with Gasteiger partial charge in [0.1, 0.15) is 5.54 Å². The average Bonchev–Trinajstić information content (AvgIpc) is 2.46. The number of ether oxygens (including phenoxy) is 1. The molecule has 0 aliphatic carbocycles. The normalized spacial score (nSPS) is 13.3. The van der Waals surface area contributed by atoms with Crippen LogP contribution in [0.5, 0.6) is 0 Å². The average molecular weight is 273 g/mol. The van der Waals surface area contributed by atoms with E-state index in [4.69, 9.17) is 11.2 Å². The lowest BCUT2D eigenvalue weighted by atomic mass is 9.90. The maximum absolute atomic E-state index is 12.2. The third-order valence-electron chi connectivity index (χ3n) is 3.30. The van der Waals surface area contributed by atoms with Crippen molar-refractivity contribution in [2.24, 2.45) is 0 Å². The van der Waals surface area contributed by atoms with Gasteiger partial charge in [-0.15, -0.1) is 6.42 Å². The predicted molar refractivity (Wildman–Crippen MR) is 81.3 cm³/mol. The minimum Gasteiger partial charge on any atom is -0.464 e. The van der Waals surface area contributed by atoms with Gasteiger partial charge in [-0.25, -0.2) is 4.79 Å². The standard InChI is InChI=1S/C17H23NO2/c1-5-8-14-9-11-15(12-10-14)17(4,18-13-6-2)16(19)20-7-3/h2,9-12,18H,5,7-8,13H2,1,3-4H3. The van der Waals surface area contributed by atoms with E-state index in [0.717, 1.165) is 18.4 Å². The minimum atomic E-state index is -0.910. The molecule has 0 aromatic heterocycles. The van der Waals surface area contributed by atoms with Crippen molar-refractivity contribution in [2.45, 2.75) is 39.2 Å². The topological polar surface area (TPSA) is 38.3 Å². The number of terminal acetylenes is 1. The summed E-state index contributed by atoms with van der Waals surface area (Å²) in [5.41, 5.74) is 1.22. The summed E-state index contributed by atoms with van der Waals surface area (Å²) in [6.45, 7) is 6.40. The summed E-state index contributed by atoms with van der Waals surface area (Å²) in [6, 6.07) is 8.03. The maximum Gasteiger partial charge on any atom is 0.330 e. The van der Waals surface area contributed by atoms with Gasteiger partial charge >= 0.3 is 5.97 Å². The van der Waals surface area contributed by atoms with Crippen LogP contribution in [0.15, 0.2) is 24.3 Å². The Hall–Kier alpha value is -1.79. The van der Waals surface area contributed by atoms with Gasteiger partial charge in [-0.3, -0.25) is 5.32 Å². The Labute approximate surface area is 121 Å². The number of hydrogen-bond donors (Lipinski definition) is 1. The lowest BCUT2D eigenvalue weighted by Gasteiger charge is -2.28. The monoisotopic (exact) mass is 273 g/mol. The fourth-order valence-electron chi connectivity index (χ4n) is 2.09. The highest BCUT2D eigenvalue weighted by atomic mass is 16.5. The molecule has 0 amide bonds. The van der Waals surface area contributed by atoms with E-state index < -0.39 is 5.54 Å². The molecular weight excluding hydrogens is 250 g/mol. The van der Waals surface area contributed by atoms with Gasteiger partial charge in [0.2, 0.25) is 0 Å². The van der Waals surface area contributed by atoms with Crippen molar-refractivity contribution in [3.63, 3.8) is 0 Å². The largest absolute Gasteiger partial charge is 0.464 e. The second kappa shape index (κ2) is 7.72. The van der Waals surface area contributed by atoms with Crippen molar-refractivity contribution in [3.05, 3.63) is 35.4 Å². The second-order valence-electron chi connectivity index (χ2n) is 4.85. The van der Waals surface area contributed by atoms with Gasteiger partial charge < -0.3 is 4.74 Å². The molecule has 3 nitrogen and oxygen atoms in total. The molecule has 1 unspecified atom stereocenters. The molecule has 3 heteroatoms. The number of benzene rings is 1. The van der Waals surface area contributed by atoms with Crippen molar-refractivity contribution in [3.8, 4) is 12.3 Å². The van der Waals surface area contributed by atoms with E-state index in [1.165, 1.54) is 5.56 Å². The molecule has 0 radical (unpaired) electrons. The molecule has 1 aromatic rings. The SMILES string of the molecule is C#CCNC(C)(C(=O)OCC)c1ccc(CCC)cc1. The van der Waals surface area contributed by atoms with Crippen LogP contribution in [0.2, 0.25) is 0 Å². The van der Waals surface area contributed by atoms with E-state index in [0.29, 0.717) is 13.2 Å². The number of nitrogens with one attached hydrogen (secondary N) is 1. The van der Waals surface area contributed by atoms with Crippen LogP contribution in [0.3, 0.4) is 0 Å². The third-order valence-corrected chi connectivity index (χ3v) is 3.30. The molecule has 0 saturated heterocycles. The molecule has 1 aromatic carbocycles. The van der Waals surface area contributed by atoms with E-state index in [-0.39, 0.29) is 5.97 Å². The van der Waals surface area contributed by atoms with Crippen molar-refractivity contribution in [2.75, 3.05) is 13.2 Å². The van der Waals surface area contributed by atoms with E-state index in [2.05, 4.69) is 18.2 Å². The summed E-state index contributed by atoms with van der Waals surface area (Å²) in [5.74, 6) is 2.20. The van der Waals surface area contributed by atoms with Crippen LogP contribution in [-0.2, 0) is 21.5 Å². The highest BCUT2D eigenvalue weighted by Gasteiger charge is 2.35. The summed E-state index contributed by atoms with van der Waals surface area (Å²) in [6.07, 6.45) is 7.42. The Balaban J connectivity index is 3.03. The van der Waals surface area contributed by atoms with Crippen LogP contribution in [0, 0.1) is 12.3 Å². The molecule has 0 aliphatic heterocycles. The first-order valence-corrected chi connectivity index (χ1v) is 7.03. The molecule has 108 valence electrons. The van der Waals surface area contributed by atoms with E-state index in [9.17, 15) is 4.79 Å². The maximum atomic E-state index is 12.2. The number of esters is 1. The second-order valence-corrected chi connectivity index (χ2v) is 4.85. The van der Waals surface area contributed by atoms with Gasteiger partial charge in [-0.05, 0) is 31.4 Å². The zero-order chi connectivity index (χ0) is 15.0. The summed E-state index contributed by atoms with van der Waals surface area (Å²) < 4.78 is 5.17. The molecular formula is C17H23NO2. The Bertz CT molecular complexity index is 473. The molecule has 1 atom stereocenters. The molecule has 1 rings (SSSR count). The van der Waals surface area contributed by atoms with Crippen molar-refractivity contribution < 1.29 is 9.53 Å². The Kier molecular flexibility index (Phi) is 6.27. The van der Waals surface area contributed by atoms with Crippen molar-refractivity contribution in [1.82, 2.24) is 5.32 Å². The van der Waals surface area contributed by atoms with Crippen LogP contribution in [0.1, 0.15) is 38.3 Å². The van der Waals surface area contributed by atoms with E-state index in [1.54, 1.807) is 13.8 Å². The smallest absolute Gasteiger partial charge is 0.330 e. The quantitative estimate of drug-likeness (QED) is 0.613. The first kappa shape index (κ1) is 16.3. The zero-order valence-corrected chi connectivity index (χ0v) is 12.5. The van der Waals surface area contributed by atoms with Gasteiger partial charge in [-0.1, -0.05) is 43.5 Å². The third kappa shape index (κ3) is 3.85. The van der Waals surface area contributed by atoms with Gasteiger partial charge in [0.15, 0.2) is 0 Å². The highest BCUT2D eigenvalue weighted by Crippen LogP contribution is 2.23. The summed E-state index contributed by atoms with van der Waals surface area (Å²) in [4.78, 5) is 12.2. The Morgan fingerprint density at radius 1 is 1.35 bits per heavy atom. The number of carbonyl (C=O) groups excluding carboxylic acids is 1. The molecule has 0 bridgehead atoms. The number of rotatable bonds is 7. The molecule has 0 fully saturated rings. The highest BCUT2D eigenvalue weighted by molar-refractivity contribution is 5.82. The minimum absolute atomic E-state index is 0.307. The Morgan fingerprint density at radius 2 is 2.00 bits per heavy atom. The zero-order valence-electron chi connectivity index (χ0n) is 12.5. The van der Waals surface area contributed by atoms with Gasteiger partial charge in [0.25, 0.3) is 0 Å². The van der Waals surface area contributed by atoms with Crippen LogP contribution < -0.4 is 5.32 Å². The number of hydrogen-bond acceptors (Lipinski definition) is 3. The first-order chi connectivity index (χ1) is 9.58. The Morgan fingerprint density at radius 3 is 2.50 bits per heavy atom.